The minimum atomic E-state index is 1.08. The van der Waals surface area contributed by atoms with E-state index >= 15 is 0 Å². The highest BCUT2D eigenvalue weighted by molar-refractivity contribution is 5.90. The summed E-state index contributed by atoms with van der Waals surface area (Å²) in [5.41, 5.74) is 28.7. The van der Waals surface area contributed by atoms with Gasteiger partial charge in [-0.05, 0) is 210 Å². The molecule has 362 valence electrons. The summed E-state index contributed by atoms with van der Waals surface area (Å²) >= 11 is 0. The molecule has 0 saturated heterocycles. The SMILES string of the molecule is Cc1c(-c2ccccc2)cc(-c2ccccc2)cc1-c1ccc(N(c2ccc(-c3cc(-c4ccccc4)cc(-c4ccccc4)c3C)cc2)c2ccc(-c3cc(-c4ccccc4)cc(-c4ccccc4)c3C)cc2)cc1. The minimum absolute atomic E-state index is 1.08. The van der Waals surface area contributed by atoms with E-state index in [1.54, 1.807) is 0 Å². The third-order valence-electron chi connectivity index (χ3n) is 15.1. The van der Waals surface area contributed by atoms with E-state index in [-0.39, 0.29) is 0 Å². The van der Waals surface area contributed by atoms with Crippen molar-refractivity contribution in [3.05, 3.63) is 308 Å². The van der Waals surface area contributed by atoms with Crippen molar-refractivity contribution in [2.24, 2.45) is 0 Å². The molecule has 1 heteroatoms. The van der Waals surface area contributed by atoms with Gasteiger partial charge in [-0.3, -0.25) is 0 Å². The van der Waals surface area contributed by atoms with E-state index < -0.39 is 0 Å². The molecule has 0 N–H and O–H groups in total. The van der Waals surface area contributed by atoms with Gasteiger partial charge in [-0.15, -0.1) is 0 Å². The quantitative estimate of drug-likeness (QED) is 0.118. The van der Waals surface area contributed by atoms with Gasteiger partial charge < -0.3 is 4.90 Å². The molecule has 1 nitrogen and oxygen atoms in total. The maximum atomic E-state index is 2.39. The topological polar surface area (TPSA) is 3.24 Å². The number of nitrogens with zero attached hydrogens (tertiary/aromatic N) is 1. The predicted octanol–water partition coefficient (Wildman–Crippen LogP) is 21.1. The third-order valence-corrected chi connectivity index (χ3v) is 15.1. The highest BCUT2D eigenvalue weighted by Crippen LogP contribution is 2.44. The standard InChI is InChI=1S/C75H57N/c1-52-70(58-28-16-7-17-29-58)46-64(55-22-10-4-11-23-55)49-73(52)61-34-40-67(41-35-61)76(68-42-36-62(37-43-68)74-50-65(56-24-12-5-13-25-56)47-71(53(74)2)59-30-18-8-19-31-59)69-44-38-63(39-45-69)75-51-66(57-26-14-6-15-27-57)48-72(54(75)3)60-32-20-9-21-33-60/h4-51H,1-3H3. The Morgan fingerprint density at radius 1 is 0.171 bits per heavy atom. The maximum Gasteiger partial charge on any atom is 0.0462 e. The zero-order valence-corrected chi connectivity index (χ0v) is 43.2. The summed E-state index contributed by atoms with van der Waals surface area (Å²) in [6.45, 7) is 6.78. The minimum Gasteiger partial charge on any atom is -0.311 e. The second kappa shape index (κ2) is 21.1. The smallest absolute Gasteiger partial charge is 0.0462 e. The Balaban J connectivity index is 0.975. The summed E-state index contributed by atoms with van der Waals surface area (Å²) < 4.78 is 0. The molecule has 0 aromatic heterocycles. The van der Waals surface area contributed by atoms with Crippen molar-refractivity contribution in [3.63, 3.8) is 0 Å². The predicted molar refractivity (Wildman–Crippen MR) is 324 cm³/mol. The van der Waals surface area contributed by atoms with Crippen molar-refractivity contribution in [1.29, 1.82) is 0 Å². The molecule has 0 amide bonds. The molecule has 0 atom stereocenters. The van der Waals surface area contributed by atoms with Crippen LogP contribution in [0.3, 0.4) is 0 Å². The van der Waals surface area contributed by atoms with Crippen LogP contribution >= 0.6 is 0 Å². The summed E-state index contributed by atoms with van der Waals surface area (Å²) in [4.78, 5) is 2.39. The molecular formula is C75H57N. The number of rotatable bonds is 12. The second-order valence-electron chi connectivity index (χ2n) is 19.8. The molecule has 76 heavy (non-hydrogen) atoms. The van der Waals surface area contributed by atoms with Gasteiger partial charge in [0.05, 0.1) is 0 Å². The molecular weight excluding hydrogens is 915 g/mol. The van der Waals surface area contributed by atoms with Crippen molar-refractivity contribution in [2.45, 2.75) is 20.8 Å². The van der Waals surface area contributed by atoms with Crippen LogP contribution in [-0.2, 0) is 0 Å². The first-order chi connectivity index (χ1) is 37.4. The largest absolute Gasteiger partial charge is 0.311 e. The monoisotopic (exact) mass is 971 g/mol. The van der Waals surface area contributed by atoms with Crippen LogP contribution in [0.5, 0.6) is 0 Å². The first-order valence-electron chi connectivity index (χ1n) is 26.3. The van der Waals surface area contributed by atoms with Crippen molar-refractivity contribution in [2.75, 3.05) is 4.90 Å². The summed E-state index contributed by atoms with van der Waals surface area (Å²) in [5.74, 6) is 0. The molecule has 0 aliphatic carbocycles. The lowest BCUT2D eigenvalue weighted by molar-refractivity contribution is 1.28. The average Bonchev–Trinajstić information content (AvgIpc) is 3.49. The molecule has 0 aliphatic rings. The highest BCUT2D eigenvalue weighted by Gasteiger charge is 2.19. The van der Waals surface area contributed by atoms with Gasteiger partial charge in [0.2, 0.25) is 0 Å². The summed E-state index contributed by atoms with van der Waals surface area (Å²) in [5, 5.41) is 0. The summed E-state index contributed by atoms with van der Waals surface area (Å²) in [6, 6.07) is 106. The van der Waals surface area contributed by atoms with Crippen molar-refractivity contribution >= 4 is 17.1 Å². The lowest BCUT2D eigenvalue weighted by Crippen LogP contribution is -2.10. The molecule has 0 spiro atoms. The van der Waals surface area contributed by atoms with E-state index in [2.05, 4.69) is 317 Å². The van der Waals surface area contributed by atoms with Gasteiger partial charge in [0.15, 0.2) is 0 Å². The van der Waals surface area contributed by atoms with Crippen molar-refractivity contribution < 1.29 is 0 Å². The lowest BCUT2D eigenvalue weighted by Gasteiger charge is -2.27. The molecule has 0 saturated carbocycles. The van der Waals surface area contributed by atoms with Gasteiger partial charge in [-0.25, -0.2) is 0 Å². The Bertz CT molecular complexity index is 3510. The van der Waals surface area contributed by atoms with Gasteiger partial charge >= 0.3 is 0 Å². The van der Waals surface area contributed by atoms with Crippen LogP contribution in [0.4, 0.5) is 17.1 Å². The fraction of sp³-hybridized carbons (Fsp3) is 0.0400. The number of anilines is 3. The molecule has 0 aliphatic heterocycles. The van der Waals surface area contributed by atoms with Crippen LogP contribution in [0.1, 0.15) is 16.7 Å². The third kappa shape index (κ3) is 9.59. The highest BCUT2D eigenvalue weighted by atomic mass is 15.1. The molecule has 0 bridgehead atoms. The van der Waals surface area contributed by atoms with Gasteiger partial charge in [-0.2, -0.15) is 0 Å². The van der Waals surface area contributed by atoms with E-state index in [9.17, 15) is 0 Å². The lowest BCUT2D eigenvalue weighted by atomic mass is 9.88. The van der Waals surface area contributed by atoms with Gasteiger partial charge in [0.25, 0.3) is 0 Å². The zero-order chi connectivity index (χ0) is 51.4. The Morgan fingerprint density at radius 3 is 0.539 bits per heavy atom. The first kappa shape index (κ1) is 47.4. The van der Waals surface area contributed by atoms with E-state index in [0.29, 0.717) is 0 Å². The zero-order valence-electron chi connectivity index (χ0n) is 43.2. The molecule has 0 unspecified atom stereocenters. The Kier molecular flexibility index (Phi) is 13.2. The number of benzene rings is 12. The first-order valence-corrected chi connectivity index (χ1v) is 26.3. The Hall–Kier alpha value is -9.56. The van der Waals surface area contributed by atoms with Crippen LogP contribution in [0.15, 0.2) is 291 Å². The molecule has 0 radical (unpaired) electrons. The molecule has 0 heterocycles. The van der Waals surface area contributed by atoms with Crippen LogP contribution in [0.2, 0.25) is 0 Å². The van der Waals surface area contributed by atoms with Crippen LogP contribution in [0, 0.1) is 20.8 Å². The Labute approximate surface area is 448 Å². The molecule has 12 aromatic rings. The van der Waals surface area contributed by atoms with Gasteiger partial charge in [0, 0.05) is 17.1 Å². The van der Waals surface area contributed by atoms with Crippen LogP contribution < -0.4 is 4.90 Å². The van der Waals surface area contributed by atoms with E-state index in [1.165, 1.54) is 117 Å². The van der Waals surface area contributed by atoms with Gasteiger partial charge in [-0.1, -0.05) is 218 Å². The molecule has 12 aromatic carbocycles. The van der Waals surface area contributed by atoms with Crippen LogP contribution in [0.25, 0.3) is 100 Å². The summed E-state index contributed by atoms with van der Waals surface area (Å²) in [6.07, 6.45) is 0. The van der Waals surface area contributed by atoms with Crippen molar-refractivity contribution in [3.8, 4) is 100 Å². The number of hydrogen-bond donors (Lipinski definition) is 0. The van der Waals surface area contributed by atoms with Crippen LogP contribution in [-0.4, -0.2) is 0 Å². The van der Waals surface area contributed by atoms with E-state index in [0.717, 1.165) is 17.1 Å². The normalized spacial score (nSPS) is 11.1. The second-order valence-corrected chi connectivity index (χ2v) is 19.8. The van der Waals surface area contributed by atoms with Crippen molar-refractivity contribution in [1.82, 2.24) is 0 Å². The fourth-order valence-corrected chi connectivity index (χ4v) is 11.0. The maximum absolute atomic E-state index is 2.39. The molecule has 0 fully saturated rings. The summed E-state index contributed by atoms with van der Waals surface area (Å²) in [7, 11) is 0. The molecule has 12 rings (SSSR count). The average molecular weight is 972 g/mol. The van der Waals surface area contributed by atoms with Gasteiger partial charge in [0.1, 0.15) is 0 Å². The van der Waals surface area contributed by atoms with E-state index in [1.807, 2.05) is 0 Å². The van der Waals surface area contributed by atoms with E-state index in [4.69, 9.17) is 0 Å². The number of hydrogen-bond acceptors (Lipinski definition) is 1. The fourth-order valence-electron chi connectivity index (χ4n) is 11.0. The Morgan fingerprint density at radius 2 is 0.342 bits per heavy atom.